The third-order valence-electron chi connectivity index (χ3n) is 4.60. The summed E-state index contributed by atoms with van der Waals surface area (Å²) in [6, 6.07) is 11.9. The molecule has 1 aromatic heterocycles. The molecule has 2 aromatic rings. The average molecular weight is 514 g/mol. The van der Waals surface area contributed by atoms with E-state index in [1.165, 1.54) is 6.07 Å². The summed E-state index contributed by atoms with van der Waals surface area (Å²) in [4.78, 5) is 16.4. The molecular weight excluding hydrogens is 482 g/mol. The summed E-state index contributed by atoms with van der Waals surface area (Å²) in [5, 5.41) is 6.58. The van der Waals surface area contributed by atoms with Crippen molar-refractivity contribution in [2.75, 3.05) is 19.6 Å². The lowest BCUT2D eigenvalue weighted by Crippen LogP contribution is -2.39. The fourth-order valence-corrected chi connectivity index (χ4v) is 2.88. The van der Waals surface area contributed by atoms with Gasteiger partial charge in [-0.25, -0.2) is 4.39 Å². The number of guanidine groups is 1. The number of nitrogens with zero attached hydrogens (tertiary/aromatic N) is 2. The van der Waals surface area contributed by atoms with Crippen LogP contribution in [-0.4, -0.2) is 30.2 Å². The second-order valence-corrected chi connectivity index (χ2v) is 7.46. The molecule has 0 saturated carbocycles. The van der Waals surface area contributed by atoms with Gasteiger partial charge >= 0.3 is 0 Å². The van der Waals surface area contributed by atoms with Crippen LogP contribution in [0.5, 0.6) is 0 Å². The van der Waals surface area contributed by atoms with Crippen LogP contribution in [-0.2, 0) is 12.0 Å². The van der Waals surface area contributed by atoms with Crippen LogP contribution >= 0.6 is 24.0 Å². The second kappa shape index (κ2) is 12.6. The van der Waals surface area contributed by atoms with Gasteiger partial charge in [0.15, 0.2) is 5.96 Å². The molecule has 29 heavy (non-hydrogen) atoms. The number of hydrogen-bond donors (Lipinski definition) is 2. The Kier molecular flexibility index (Phi) is 10.9. The summed E-state index contributed by atoms with van der Waals surface area (Å²) in [5.74, 6) is 0.529. The van der Waals surface area contributed by atoms with Gasteiger partial charge in [0.2, 0.25) is 5.56 Å². The number of halogens is 2. The van der Waals surface area contributed by atoms with Gasteiger partial charge in [-0.3, -0.25) is 9.79 Å². The van der Waals surface area contributed by atoms with Gasteiger partial charge in [0, 0.05) is 37.3 Å². The number of unbranched alkanes of at least 4 members (excludes halogenated alkanes) is 1. The van der Waals surface area contributed by atoms with E-state index in [1.807, 2.05) is 25.3 Å². The van der Waals surface area contributed by atoms with Crippen molar-refractivity contribution in [3.8, 4) is 0 Å². The van der Waals surface area contributed by atoms with Gasteiger partial charge in [-0.05, 0) is 43.5 Å². The molecule has 2 rings (SSSR count). The first kappa shape index (κ1) is 25.1. The Morgan fingerprint density at radius 2 is 1.93 bits per heavy atom. The predicted molar refractivity (Wildman–Crippen MR) is 129 cm³/mol. The number of benzene rings is 1. The Bertz CT molecular complexity index is 835. The highest BCUT2D eigenvalue weighted by Crippen LogP contribution is 2.24. The molecular formula is C22H32FIN4O. The normalized spacial score (nSPS) is 11.7. The van der Waals surface area contributed by atoms with Crippen LogP contribution in [0.4, 0.5) is 4.39 Å². The number of aliphatic imine (C=N–C) groups is 1. The zero-order valence-corrected chi connectivity index (χ0v) is 19.8. The van der Waals surface area contributed by atoms with E-state index < -0.39 is 0 Å². The molecule has 0 aliphatic rings. The minimum Gasteiger partial charge on any atom is -0.357 e. The van der Waals surface area contributed by atoms with Crippen LogP contribution in [0.15, 0.2) is 58.4 Å². The van der Waals surface area contributed by atoms with Crippen LogP contribution in [0.1, 0.15) is 39.2 Å². The second-order valence-electron chi connectivity index (χ2n) is 7.46. The molecule has 0 bridgehead atoms. The van der Waals surface area contributed by atoms with Crippen LogP contribution in [0, 0.1) is 5.82 Å². The molecule has 1 aromatic carbocycles. The topological polar surface area (TPSA) is 58.4 Å². The molecule has 0 radical (unpaired) electrons. The maximum Gasteiger partial charge on any atom is 0.250 e. The maximum atomic E-state index is 13.5. The summed E-state index contributed by atoms with van der Waals surface area (Å²) in [5.41, 5.74) is 0.698. The van der Waals surface area contributed by atoms with Crippen molar-refractivity contribution in [1.82, 2.24) is 15.2 Å². The molecule has 1 heterocycles. The quantitative estimate of drug-likeness (QED) is 0.231. The largest absolute Gasteiger partial charge is 0.357 e. The maximum absolute atomic E-state index is 13.5. The lowest BCUT2D eigenvalue weighted by Gasteiger charge is -2.24. The van der Waals surface area contributed by atoms with E-state index in [9.17, 15) is 9.18 Å². The minimum absolute atomic E-state index is 0. The molecule has 5 nitrogen and oxygen atoms in total. The number of pyridine rings is 1. The fourth-order valence-electron chi connectivity index (χ4n) is 2.88. The molecule has 160 valence electrons. The summed E-state index contributed by atoms with van der Waals surface area (Å²) in [6.07, 6.45) is 3.65. The molecule has 0 fully saturated rings. The lowest BCUT2D eigenvalue weighted by molar-refractivity contribution is 0.528. The van der Waals surface area contributed by atoms with Gasteiger partial charge in [-0.1, -0.05) is 32.0 Å². The Morgan fingerprint density at radius 3 is 2.62 bits per heavy atom. The Morgan fingerprint density at radius 1 is 1.14 bits per heavy atom. The van der Waals surface area contributed by atoms with Crippen molar-refractivity contribution in [2.24, 2.45) is 4.99 Å². The van der Waals surface area contributed by atoms with Crippen LogP contribution < -0.4 is 16.2 Å². The van der Waals surface area contributed by atoms with Crippen LogP contribution in [0.3, 0.4) is 0 Å². The van der Waals surface area contributed by atoms with Crippen molar-refractivity contribution >= 4 is 29.9 Å². The smallest absolute Gasteiger partial charge is 0.250 e. The highest BCUT2D eigenvalue weighted by Gasteiger charge is 2.21. The first-order valence-corrected chi connectivity index (χ1v) is 9.86. The summed E-state index contributed by atoms with van der Waals surface area (Å²) in [7, 11) is 0. The van der Waals surface area contributed by atoms with Crippen molar-refractivity contribution in [3.63, 3.8) is 0 Å². The van der Waals surface area contributed by atoms with Crippen molar-refractivity contribution in [2.45, 2.75) is 45.6 Å². The minimum atomic E-state index is -0.265. The van der Waals surface area contributed by atoms with E-state index in [4.69, 9.17) is 0 Å². The Balaban J connectivity index is 0.00000420. The van der Waals surface area contributed by atoms with Crippen LogP contribution in [0.25, 0.3) is 0 Å². The van der Waals surface area contributed by atoms with Gasteiger partial charge in [0.05, 0.1) is 6.54 Å². The number of aromatic nitrogens is 1. The SMILES string of the molecule is CCNC(=NCC(C)(C)c1cccc(F)c1)NCCCCn1ccccc1=O.I. The zero-order chi connectivity index (χ0) is 20.4. The first-order valence-electron chi connectivity index (χ1n) is 9.86. The van der Waals surface area contributed by atoms with E-state index in [0.29, 0.717) is 13.1 Å². The summed E-state index contributed by atoms with van der Waals surface area (Å²) in [6.45, 7) is 8.95. The fraction of sp³-hybridized carbons (Fsp3) is 0.455. The molecule has 0 aliphatic carbocycles. The Labute approximate surface area is 189 Å². The van der Waals surface area contributed by atoms with E-state index in [1.54, 1.807) is 28.8 Å². The Hall–Kier alpha value is -1.90. The van der Waals surface area contributed by atoms with Gasteiger partial charge in [-0.2, -0.15) is 0 Å². The van der Waals surface area contributed by atoms with E-state index in [-0.39, 0.29) is 40.8 Å². The summed E-state index contributed by atoms with van der Waals surface area (Å²) >= 11 is 0. The third-order valence-corrected chi connectivity index (χ3v) is 4.60. The van der Waals surface area contributed by atoms with Gasteiger partial charge in [-0.15, -0.1) is 24.0 Å². The molecule has 0 saturated heterocycles. The summed E-state index contributed by atoms with van der Waals surface area (Å²) < 4.78 is 15.2. The lowest BCUT2D eigenvalue weighted by atomic mass is 9.85. The molecule has 0 amide bonds. The van der Waals surface area contributed by atoms with Gasteiger partial charge in [0.25, 0.3) is 0 Å². The highest BCUT2D eigenvalue weighted by molar-refractivity contribution is 14.0. The van der Waals surface area contributed by atoms with E-state index in [0.717, 1.165) is 37.5 Å². The molecule has 0 unspecified atom stereocenters. The highest BCUT2D eigenvalue weighted by atomic mass is 127. The van der Waals surface area contributed by atoms with Crippen molar-refractivity contribution in [1.29, 1.82) is 0 Å². The monoisotopic (exact) mass is 514 g/mol. The number of aryl methyl sites for hydroxylation is 1. The third kappa shape index (κ3) is 8.55. The molecule has 2 N–H and O–H groups in total. The average Bonchev–Trinajstić information content (AvgIpc) is 2.67. The first-order chi connectivity index (χ1) is 13.4. The van der Waals surface area contributed by atoms with Gasteiger partial charge in [0.1, 0.15) is 5.82 Å². The molecule has 0 atom stereocenters. The zero-order valence-electron chi connectivity index (χ0n) is 17.5. The standard InChI is InChI=1S/C22H31FN4O.HI/c1-4-24-21(25-13-6-8-15-27-14-7-5-12-20(27)28)26-17-22(2,3)18-10-9-11-19(23)16-18;/h5,7,9-12,14,16H,4,6,8,13,15,17H2,1-3H3,(H2,24,25,26);1H. The van der Waals surface area contributed by atoms with Gasteiger partial charge < -0.3 is 15.2 Å². The number of nitrogens with one attached hydrogen (secondary N) is 2. The predicted octanol–water partition coefficient (Wildman–Crippen LogP) is 3.92. The van der Waals surface area contributed by atoms with E-state index >= 15 is 0 Å². The number of hydrogen-bond acceptors (Lipinski definition) is 2. The molecule has 0 aliphatic heterocycles. The molecule has 0 spiro atoms. The van der Waals surface area contributed by atoms with E-state index in [2.05, 4.69) is 29.5 Å². The number of rotatable bonds is 9. The van der Waals surface area contributed by atoms with Crippen LogP contribution in [0.2, 0.25) is 0 Å². The van der Waals surface area contributed by atoms with Crippen molar-refractivity contribution in [3.05, 3.63) is 70.4 Å². The van der Waals surface area contributed by atoms with Crippen molar-refractivity contribution < 1.29 is 4.39 Å². The molecule has 7 heteroatoms.